The summed E-state index contributed by atoms with van der Waals surface area (Å²) in [4.78, 5) is 0. The Morgan fingerprint density at radius 1 is 1.19 bits per heavy atom. The second-order valence-corrected chi connectivity index (χ2v) is 8.66. The second kappa shape index (κ2) is 6.93. The van der Waals surface area contributed by atoms with Crippen molar-refractivity contribution in [2.24, 2.45) is 0 Å². The lowest BCUT2D eigenvalue weighted by Gasteiger charge is -2.10. The van der Waals surface area contributed by atoms with E-state index in [4.69, 9.17) is 5.11 Å². The molecule has 0 amide bonds. The van der Waals surface area contributed by atoms with E-state index in [0.717, 1.165) is 11.8 Å². The fourth-order valence-corrected chi connectivity index (χ4v) is 4.16. The van der Waals surface area contributed by atoms with E-state index in [-0.39, 0.29) is 12.3 Å². The van der Waals surface area contributed by atoms with Crippen molar-refractivity contribution in [3.63, 3.8) is 0 Å². The maximum atomic E-state index is 11.9. The Balaban J connectivity index is 3.03. The molecule has 0 bridgehead atoms. The number of rotatable bonds is 5. The van der Waals surface area contributed by atoms with Gasteiger partial charge in [0.15, 0.2) is 0 Å². The van der Waals surface area contributed by atoms with Gasteiger partial charge in [0, 0.05) is 11.8 Å². The zero-order chi connectivity index (χ0) is 16.1. The van der Waals surface area contributed by atoms with E-state index in [9.17, 15) is 16.8 Å². The predicted molar refractivity (Wildman–Crippen MR) is 82.3 cm³/mol. The van der Waals surface area contributed by atoms with Crippen LogP contribution in [-0.2, 0) is 19.9 Å². The molecule has 0 saturated heterocycles. The van der Waals surface area contributed by atoms with E-state index in [1.165, 1.54) is 0 Å². The smallest absolute Gasteiger partial charge is 0.233 e. The van der Waals surface area contributed by atoms with Crippen molar-refractivity contribution in [3.8, 4) is 11.8 Å². The third kappa shape index (κ3) is 6.62. The average Bonchev–Trinajstić information content (AvgIpc) is 2.34. The molecule has 6 nitrogen and oxygen atoms in total. The quantitative estimate of drug-likeness (QED) is 0.747. The lowest BCUT2D eigenvalue weighted by molar-refractivity contribution is 0.350. The molecule has 1 rings (SSSR count). The summed E-state index contributed by atoms with van der Waals surface area (Å²) >= 11 is 0. The monoisotopic (exact) mass is 331 g/mol. The molecule has 0 saturated carbocycles. The zero-order valence-electron chi connectivity index (χ0n) is 11.8. The van der Waals surface area contributed by atoms with Gasteiger partial charge in [0.05, 0.1) is 17.2 Å². The van der Waals surface area contributed by atoms with Crippen LogP contribution in [0.4, 0.5) is 5.69 Å². The van der Waals surface area contributed by atoms with Gasteiger partial charge >= 0.3 is 0 Å². The minimum Gasteiger partial charge on any atom is -0.384 e. The maximum Gasteiger partial charge on any atom is 0.233 e. The van der Waals surface area contributed by atoms with Crippen molar-refractivity contribution in [1.29, 1.82) is 0 Å². The number of hydrogen-bond acceptors (Lipinski definition) is 5. The lowest BCUT2D eigenvalue weighted by Crippen LogP contribution is -2.22. The number of benzene rings is 1. The molecular weight excluding hydrogens is 314 g/mol. The maximum absolute atomic E-state index is 11.9. The highest BCUT2D eigenvalue weighted by atomic mass is 32.2. The topological polar surface area (TPSA) is 101 Å². The number of hydrogen-bond donors (Lipinski definition) is 2. The van der Waals surface area contributed by atoms with Crippen LogP contribution in [0.5, 0.6) is 0 Å². The van der Waals surface area contributed by atoms with Crippen LogP contribution in [0.3, 0.4) is 0 Å². The van der Waals surface area contributed by atoms with Gasteiger partial charge in [-0.05, 0) is 24.6 Å². The minimum absolute atomic E-state index is 0.268. The van der Waals surface area contributed by atoms with Gasteiger partial charge in [0.1, 0.15) is 16.4 Å². The van der Waals surface area contributed by atoms with Crippen LogP contribution in [0, 0.1) is 18.8 Å². The summed E-state index contributed by atoms with van der Waals surface area (Å²) in [5.74, 6) is 4.11. The average molecular weight is 331 g/mol. The first-order valence-electron chi connectivity index (χ1n) is 6.01. The number of nitrogens with one attached hydrogen (secondary N) is 1. The molecule has 2 N–H and O–H groups in total. The van der Waals surface area contributed by atoms with Crippen LogP contribution in [0.15, 0.2) is 18.2 Å². The van der Waals surface area contributed by atoms with E-state index < -0.39 is 31.4 Å². The van der Waals surface area contributed by atoms with Gasteiger partial charge in [-0.25, -0.2) is 16.8 Å². The number of aryl methyl sites for hydroxylation is 1. The molecule has 0 aliphatic rings. The molecular formula is C13H17NO5S2. The SMILES string of the molecule is Cc1ccc(C#CCO)c(NS(=O)(=O)CCS(C)(=O)=O)c1. The van der Waals surface area contributed by atoms with Gasteiger partial charge in [0.2, 0.25) is 10.0 Å². The molecule has 1 aromatic carbocycles. The highest BCUT2D eigenvalue weighted by Gasteiger charge is 2.16. The van der Waals surface area contributed by atoms with Gasteiger partial charge < -0.3 is 5.11 Å². The van der Waals surface area contributed by atoms with Crippen molar-refractivity contribution in [2.75, 3.05) is 29.1 Å². The van der Waals surface area contributed by atoms with Crippen LogP contribution in [0.25, 0.3) is 0 Å². The molecule has 21 heavy (non-hydrogen) atoms. The predicted octanol–water partition coefficient (Wildman–Crippen LogP) is 0.125. The van der Waals surface area contributed by atoms with Crippen LogP contribution in [0.1, 0.15) is 11.1 Å². The number of anilines is 1. The van der Waals surface area contributed by atoms with E-state index >= 15 is 0 Å². The molecule has 0 spiro atoms. The first kappa shape index (κ1) is 17.5. The van der Waals surface area contributed by atoms with Crippen molar-refractivity contribution < 1.29 is 21.9 Å². The Morgan fingerprint density at radius 2 is 1.86 bits per heavy atom. The molecule has 0 heterocycles. The minimum atomic E-state index is -3.79. The normalized spacial score (nSPS) is 11.6. The Labute approximate surface area is 125 Å². The number of aliphatic hydroxyl groups is 1. The molecule has 0 atom stereocenters. The van der Waals surface area contributed by atoms with Crippen LogP contribution < -0.4 is 4.72 Å². The molecule has 0 aliphatic heterocycles. The van der Waals surface area contributed by atoms with Crippen molar-refractivity contribution >= 4 is 25.5 Å². The molecule has 0 radical (unpaired) electrons. The van der Waals surface area contributed by atoms with Crippen molar-refractivity contribution in [3.05, 3.63) is 29.3 Å². The summed E-state index contributed by atoms with van der Waals surface area (Å²) in [7, 11) is -7.15. The lowest BCUT2D eigenvalue weighted by atomic mass is 10.1. The summed E-state index contributed by atoms with van der Waals surface area (Å²) < 4.78 is 48.3. The fourth-order valence-electron chi connectivity index (χ4n) is 1.47. The Hall–Kier alpha value is -1.56. The third-order valence-electron chi connectivity index (χ3n) is 2.47. The van der Waals surface area contributed by atoms with Gasteiger partial charge in [-0.1, -0.05) is 17.9 Å². The largest absolute Gasteiger partial charge is 0.384 e. The van der Waals surface area contributed by atoms with Crippen LogP contribution in [-0.4, -0.2) is 46.3 Å². The Morgan fingerprint density at radius 3 is 2.43 bits per heavy atom. The molecule has 0 aliphatic carbocycles. The molecule has 0 fully saturated rings. The number of sulfone groups is 1. The van der Waals surface area contributed by atoms with E-state index in [1.807, 2.05) is 0 Å². The summed E-state index contributed by atoms with van der Waals surface area (Å²) in [5.41, 5.74) is 1.51. The van der Waals surface area contributed by atoms with Gasteiger partial charge in [-0.2, -0.15) is 0 Å². The highest BCUT2D eigenvalue weighted by molar-refractivity contribution is 7.95. The summed E-state index contributed by atoms with van der Waals surface area (Å²) in [6.45, 7) is 1.45. The Kier molecular flexibility index (Phi) is 5.78. The van der Waals surface area contributed by atoms with Gasteiger partial charge in [0.25, 0.3) is 0 Å². The van der Waals surface area contributed by atoms with E-state index in [0.29, 0.717) is 5.56 Å². The fraction of sp³-hybridized carbons (Fsp3) is 0.385. The highest BCUT2D eigenvalue weighted by Crippen LogP contribution is 2.18. The van der Waals surface area contributed by atoms with Crippen LogP contribution in [0.2, 0.25) is 0 Å². The molecule has 116 valence electrons. The van der Waals surface area contributed by atoms with Crippen molar-refractivity contribution in [1.82, 2.24) is 0 Å². The summed E-state index contributed by atoms with van der Waals surface area (Å²) in [6.07, 6.45) is 0.980. The van der Waals surface area contributed by atoms with Crippen LogP contribution >= 0.6 is 0 Å². The number of aliphatic hydroxyl groups excluding tert-OH is 1. The van der Waals surface area contributed by atoms with Gasteiger partial charge in [-0.3, -0.25) is 4.72 Å². The first-order chi connectivity index (χ1) is 9.63. The zero-order valence-corrected chi connectivity index (χ0v) is 13.4. The first-order valence-corrected chi connectivity index (χ1v) is 9.73. The molecule has 8 heteroatoms. The standard InChI is InChI=1S/C13H17NO5S2/c1-11-5-6-12(4-3-7-15)13(10-11)14-21(18,19)9-8-20(2,16)17/h5-6,10,14-15H,7-9H2,1-2H3. The van der Waals surface area contributed by atoms with E-state index in [2.05, 4.69) is 16.6 Å². The van der Waals surface area contributed by atoms with Crippen molar-refractivity contribution in [2.45, 2.75) is 6.92 Å². The molecule has 0 aromatic heterocycles. The van der Waals surface area contributed by atoms with E-state index in [1.54, 1.807) is 25.1 Å². The summed E-state index contributed by atoms with van der Waals surface area (Å²) in [6, 6.07) is 4.99. The molecule has 1 aromatic rings. The van der Waals surface area contributed by atoms with Gasteiger partial charge in [-0.15, -0.1) is 0 Å². The molecule has 0 unspecified atom stereocenters. The third-order valence-corrected chi connectivity index (χ3v) is 4.94. The second-order valence-electron chi connectivity index (χ2n) is 4.56. The number of sulfonamides is 1. The summed E-state index contributed by atoms with van der Waals surface area (Å²) in [5, 5.41) is 8.70. The Bertz CT molecular complexity index is 771.